The minimum absolute atomic E-state index is 0.447. The second-order valence-electron chi connectivity index (χ2n) is 2.23. The third-order valence-corrected chi connectivity index (χ3v) is 0.848. The SMILES string of the molecule is CCCOC(=O)OCCC.O=C(O)O. The van der Waals surface area contributed by atoms with Crippen LogP contribution in [0.2, 0.25) is 0 Å². The molecule has 0 aliphatic heterocycles. The number of rotatable bonds is 4. The molecule has 0 heterocycles. The zero-order valence-corrected chi connectivity index (χ0v) is 8.36. The Balaban J connectivity index is 0. The summed E-state index contributed by atoms with van der Waals surface area (Å²) in [6.07, 6.45) is -0.716. The monoisotopic (exact) mass is 208 g/mol. The smallest absolute Gasteiger partial charge is 0.450 e. The number of hydrogen-bond donors (Lipinski definition) is 2. The third kappa shape index (κ3) is 22.4. The molecule has 6 heteroatoms. The van der Waals surface area contributed by atoms with Crippen LogP contribution in [-0.4, -0.2) is 35.7 Å². The fourth-order valence-electron chi connectivity index (χ4n) is 0.412. The average molecular weight is 208 g/mol. The van der Waals surface area contributed by atoms with Crippen molar-refractivity contribution in [1.29, 1.82) is 0 Å². The number of hydrogen-bond acceptors (Lipinski definition) is 4. The summed E-state index contributed by atoms with van der Waals surface area (Å²) in [6, 6.07) is 0. The molecule has 0 atom stereocenters. The lowest BCUT2D eigenvalue weighted by atomic mass is 10.5. The molecule has 6 nitrogen and oxygen atoms in total. The van der Waals surface area contributed by atoms with Gasteiger partial charge >= 0.3 is 12.3 Å². The van der Waals surface area contributed by atoms with Crippen LogP contribution in [0.4, 0.5) is 9.59 Å². The van der Waals surface area contributed by atoms with Gasteiger partial charge in [0.25, 0.3) is 0 Å². The molecular formula is C8H16O6. The molecule has 0 aromatic carbocycles. The van der Waals surface area contributed by atoms with Crippen molar-refractivity contribution in [2.45, 2.75) is 26.7 Å². The quantitative estimate of drug-likeness (QED) is 0.688. The van der Waals surface area contributed by atoms with Crippen LogP contribution in [0, 0.1) is 0 Å². The Morgan fingerprint density at radius 3 is 1.50 bits per heavy atom. The van der Waals surface area contributed by atoms with E-state index in [1.165, 1.54) is 0 Å². The van der Waals surface area contributed by atoms with Crippen LogP contribution in [0.25, 0.3) is 0 Å². The van der Waals surface area contributed by atoms with E-state index in [4.69, 9.17) is 15.0 Å². The van der Waals surface area contributed by atoms with Crippen molar-refractivity contribution in [2.24, 2.45) is 0 Å². The minimum atomic E-state index is -1.83. The summed E-state index contributed by atoms with van der Waals surface area (Å²) < 4.78 is 9.26. The van der Waals surface area contributed by atoms with E-state index in [0.29, 0.717) is 13.2 Å². The van der Waals surface area contributed by atoms with Crippen LogP contribution in [0.1, 0.15) is 26.7 Å². The second kappa shape index (κ2) is 11.5. The van der Waals surface area contributed by atoms with E-state index in [1.807, 2.05) is 13.8 Å². The first-order chi connectivity index (χ1) is 6.54. The molecule has 0 aliphatic rings. The topological polar surface area (TPSA) is 93.1 Å². The van der Waals surface area contributed by atoms with Gasteiger partial charge in [0.2, 0.25) is 0 Å². The maximum Gasteiger partial charge on any atom is 0.508 e. The number of carbonyl (C=O) groups is 2. The molecule has 0 fully saturated rings. The molecule has 0 spiro atoms. The fraction of sp³-hybridized carbons (Fsp3) is 0.750. The molecular weight excluding hydrogens is 192 g/mol. The van der Waals surface area contributed by atoms with Crippen molar-refractivity contribution in [2.75, 3.05) is 13.2 Å². The van der Waals surface area contributed by atoms with Crippen LogP contribution in [-0.2, 0) is 9.47 Å². The Bertz CT molecular complexity index is 142. The number of carbonyl (C=O) groups excluding carboxylic acids is 1. The Hall–Kier alpha value is -1.46. The Morgan fingerprint density at radius 1 is 1.00 bits per heavy atom. The Labute approximate surface area is 82.4 Å². The fourth-order valence-corrected chi connectivity index (χ4v) is 0.412. The van der Waals surface area contributed by atoms with Gasteiger partial charge in [-0.1, -0.05) is 13.8 Å². The molecule has 0 aliphatic carbocycles. The molecule has 0 saturated carbocycles. The van der Waals surface area contributed by atoms with E-state index in [-0.39, 0.29) is 0 Å². The molecule has 0 amide bonds. The van der Waals surface area contributed by atoms with Crippen molar-refractivity contribution in [3.8, 4) is 0 Å². The van der Waals surface area contributed by atoms with Crippen LogP contribution >= 0.6 is 0 Å². The molecule has 0 aromatic rings. The molecule has 0 bridgehead atoms. The van der Waals surface area contributed by atoms with E-state index in [1.54, 1.807) is 0 Å². The van der Waals surface area contributed by atoms with Gasteiger partial charge in [-0.3, -0.25) is 0 Å². The van der Waals surface area contributed by atoms with E-state index in [0.717, 1.165) is 12.8 Å². The van der Waals surface area contributed by atoms with Gasteiger partial charge in [-0.05, 0) is 12.8 Å². The maximum atomic E-state index is 10.5. The van der Waals surface area contributed by atoms with Crippen LogP contribution < -0.4 is 0 Å². The highest BCUT2D eigenvalue weighted by molar-refractivity contribution is 5.59. The first kappa shape index (κ1) is 15.0. The van der Waals surface area contributed by atoms with E-state index in [2.05, 4.69) is 9.47 Å². The maximum absolute atomic E-state index is 10.5. The highest BCUT2D eigenvalue weighted by Gasteiger charge is 1.99. The van der Waals surface area contributed by atoms with Crippen molar-refractivity contribution < 1.29 is 29.3 Å². The molecule has 0 radical (unpaired) electrons. The number of ether oxygens (including phenoxy) is 2. The molecule has 14 heavy (non-hydrogen) atoms. The molecule has 84 valence electrons. The van der Waals surface area contributed by atoms with Crippen molar-refractivity contribution >= 4 is 12.3 Å². The largest absolute Gasteiger partial charge is 0.508 e. The van der Waals surface area contributed by atoms with Gasteiger partial charge < -0.3 is 19.7 Å². The first-order valence-electron chi connectivity index (χ1n) is 4.26. The highest BCUT2D eigenvalue weighted by Crippen LogP contribution is 1.88. The lowest BCUT2D eigenvalue weighted by Gasteiger charge is -2.02. The molecule has 0 aromatic heterocycles. The Kier molecular flexibility index (Phi) is 12.4. The zero-order chi connectivity index (χ0) is 11.4. The highest BCUT2D eigenvalue weighted by atomic mass is 16.7. The van der Waals surface area contributed by atoms with Gasteiger partial charge in [0.1, 0.15) is 0 Å². The summed E-state index contributed by atoms with van der Waals surface area (Å²) in [7, 11) is 0. The number of carboxylic acid groups (broad SMARTS) is 2. The predicted octanol–water partition coefficient (Wildman–Crippen LogP) is 2.18. The van der Waals surface area contributed by atoms with Gasteiger partial charge in [-0.25, -0.2) is 9.59 Å². The van der Waals surface area contributed by atoms with Crippen molar-refractivity contribution in [3.63, 3.8) is 0 Å². The summed E-state index contributed by atoms with van der Waals surface area (Å²) in [5.74, 6) is 0. The van der Waals surface area contributed by atoms with Gasteiger partial charge in [-0.15, -0.1) is 0 Å². The summed E-state index contributed by atoms with van der Waals surface area (Å²) in [6.45, 7) is 4.77. The molecule has 0 saturated heterocycles. The first-order valence-corrected chi connectivity index (χ1v) is 4.26. The molecule has 0 rings (SSSR count). The van der Waals surface area contributed by atoms with Gasteiger partial charge in [0.05, 0.1) is 13.2 Å². The molecule has 2 N–H and O–H groups in total. The molecule has 0 unspecified atom stereocenters. The van der Waals surface area contributed by atoms with Crippen LogP contribution in [0.5, 0.6) is 0 Å². The van der Waals surface area contributed by atoms with Crippen molar-refractivity contribution in [3.05, 3.63) is 0 Å². The summed E-state index contributed by atoms with van der Waals surface area (Å²) in [5.41, 5.74) is 0. The van der Waals surface area contributed by atoms with E-state index < -0.39 is 12.3 Å². The zero-order valence-electron chi connectivity index (χ0n) is 8.36. The minimum Gasteiger partial charge on any atom is -0.450 e. The summed E-state index contributed by atoms with van der Waals surface area (Å²) in [4.78, 5) is 19.1. The lowest BCUT2D eigenvalue weighted by molar-refractivity contribution is 0.0554. The second-order valence-corrected chi connectivity index (χ2v) is 2.23. The van der Waals surface area contributed by atoms with Crippen LogP contribution in [0.15, 0.2) is 0 Å². The van der Waals surface area contributed by atoms with Gasteiger partial charge in [0, 0.05) is 0 Å². The summed E-state index contributed by atoms with van der Waals surface area (Å²) >= 11 is 0. The lowest BCUT2D eigenvalue weighted by Crippen LogP contribution is -2.08. The Morgan fingerprint density at radius 2 is 1.29 bits per heavy atom. The van der Waals surface area contributed by atoms with E-state index in [9.17, 15) is 4.79 Å². The normalized spacial score (nSPS) is 8.14. The van der Waals surface area contributed by atoms with Gasteiger partial charge in [0.15, 0.2) is 0 Å². The summed E-state index contributed by atoms with van der Waals surface area (Å²) in [5, 5.41) is 13.9. The predicted molar refractivity (Wildman–Crippen MR) is 48.5 cm³/mol. The average Bonchev–Trinajstić information content (AvgIpc) is 2.10. The van der Waals surface area contributed by atoms with E-state index >= 15 is 0 Å². The third-order valence-electron chi connectivity index (χ3n) is 0.848. The van der Waals surface area contributed by atoms with Gasteiger partial charge in [-0.2, -0.15) is 0 Å². The van der Waals surface area contributed by atoms with Crippen LogP contribution in [0.3, 0.4) is 0 Å². The standard InChI is InChI=1S/C7H14O3.CH2O3/c1-3-5-9-7(8)10-6-4-2;2-1(3)4/h3-6H2,1-2H3;(H2,2,3,4). The van der Waals surface area contributed by atoms with Crippen molar-refractivity contribution in [1.82, 2.24) is 0 Å².